The number of carbonyl (C=O) groups excluding carboxylic acids is 1. The molecule has 9 heteroatoms. The van der Waals surface area contributed by atoms with Crippen LogP contribution in [0.15, 0.2) is 42.5 Å². The van der Waals surface area contributed by atoms with E-state index in [2.05, 4.69) is 10.1 Å². The first-order valence-corrected chi connectivity index (χ1v) is 8.46. The molecule has 1 amide bonds. The van der Waals surface area contributed by atoms with Crippen molar-refractivity contribution in [3.63, 3.8) is 0 Å². The highest BCUT2D eigenvalue weighted by molar-refractivity contribution is 7.21. The highest BCUT2D eigenvalue weighted by Crippen LogP contribution is 2.34. The quantitative estimate of drug-likeness (QED) is 0.590. The second-order valence-electron chi connectivity index (χ2n) is 5.48. The fourth-order valence-electron chi connectivity index (χ4n) is 2.56. The van der Waals surface area contributed by atoms with E-state index in [1.54, 1.807) is 12.1 Å². The van der Waals surface area contributed by atoms with E-state index >= 15 is 0 Å². The Kier molecular flexibility index (Phi) is 5.33. The summed E-state index contributed by atoms with van der Waals surface area (Å²) in [6.45, 7) is 0.0437. The lowest BCUT2D eigenvalue weighted by molar-refractivity contribution is -0.274. The van der Waals surface area contributed by atoms with Gasteiger partial charge in [-0.3, -0.25) is 4.79 Å². The summed E-state index contributed by atoms with van der Waals surface area (Å²) in [7, 11) is 1.44. The molecule has 0 aliphatic heterocycles. The van der Waals surface area contributed by atoms with Gasteiger partial charge in [-0.2, -0.15) is 0 Å². The van der Waals surface area contributed by atoms with Crippen LogP contribution in [0.2, 0.25) is 0 Å². The van der Waals surface area contributed by atoms with Crippen LogP contribution in [0.4, 0.5) is 23.2 Å². The Morgan fingerprint density at radius 1 is 1.15 bits per heavy atom. The van der Waals surface area contributed by atoms with Crippen LogP contribution in [-0.2, 0) is 11.3 Å². The van der Waals surface area contributed by atoms with Crippen molar-refractivity contribution in [2.75, 3.05) is 12.4 Å². The average molecular weight is 399 g/mol. The molecule has 0 aliphatic rings. The molecule has 0 unspecified atom stereocenters. The van der Waals surface area contributed by atoms with Crippen molar-refractivity contribution in [2.24, 2.45) is 0 Å². The summed E-state index contributed by atoms with van der Waals surface area (Å²) in [5, 5.41) is 2.91. The van der Waals surface area contributed by atoms with Crippen molar-refractivity contribution >= 4 is 33.0 Å². The molecular formula is C18H13F4NO3S. The number of benzene rings is 2. The monoisotopic (exact) mass is 399 g/mol. The van der Waals surface area contributed by atoms with Crippen molar-refractivity contribution < 1.29 is 31.8 Å². The molecule has 3 rings (SSSR count). The zero-order valence-corrected chi connectivity index (χ0v) is 14.7. The molecule has 0 saturated heterocycles. The summed E-state index contributed by atoms with van der Waals surface area (Å²) in [6, 6.07) is 9.28. The van der Waals surface area contributed by atoms with Gasteiger partial charge in [0.15, 0.2) is 0 Å². The Hall–Kier alpha value is -2.65. The summed E-state index contributed by atoms with van der Waals surface area (Å²) in [5.74, 6) is -1.36. The van der Waals surface area contributed by atoms with Gasteiger partial charge in [0.05, 0.1) is 11.5 Å². The molecule has 2 aromatic carbocycles. The molecule has 1 N–H and O–H groups in total. The van der Waals surface area contributed by atoms with Crippen LogP contribution in [-0.4, -0.2) is 19.4 Å². The molecule has 0 radical (unpaired) electrons. The molecule has 0 spiro atoms. The Bertz CT molecular complexity index is 967. The maximum Gasteiger partial charge on any atom is 0.573 e. The largest absolute Gasteiger partial charge is 0.573 e. The zero-order valence-electron chi connectivity index (χ0n) is 13.9. The number of anilines is 1. The number of carbonyl (C=O) groups is 1. The number of fused-ring (bicyclic) bond motifs is 1. The molecule has 0 fully saturated rings. The Morgan fingerprint density at radius 3 is 2.48 bits per heavy atom. The van der Waals surface area contributed by atoms with Crippen molar-refractivity contribution in [1.82, 2.24) is 0 Å². The molecule has 0 aliphatic carbocycles. The normalized spacial score (nSPS) is 11.6. The second kappa shape index (κ2) is 7.53. The number of hydrogen-bond donors (Lipinski definition) is 1. The lowest BCUT2D eigenvalue weighted by atomic mass is 10.1. The number of methoxy groups -OCH3 is 1. The standard InChI is InChI=1S/C18H13F4NO3S/c1-25-9-12-15-13(19)3-2-4-14(15)27-16(12)17(24)23-10-5-7-11(8-6-10)26-18(20,21)22/h2-8H,9H2,1H3,(H,23,24). The maximum atomic E-state index is 14.2. The third kappa shape index (κ3) is 4.37. The number of nitrogens with one attached hydrogen (secondary N) is 1. The first-order valence-electron chi connectivity index (χ1n) is 7.64. The highest BCUT2D eigenvalue weighted by atomic mass is 32.1. The van der Waals surface area contributed by atoms with Gasteiger partial charge in [-0.15, -0.1) is 24.5 Å². The SMILES string of the molecule is COCc1c(C(=O)Nc2ccc(OC(F)(F)F)cc2)sc2cccc(F)c12. The van der Waals surface area contributed by atoms with E-state index in [0.717, 1.165) is 23.5 Å². The lowest BCUT2D eigenvalue weighted by Gasteiger charge is -2.10. The van der Waals surface area contributed by atoms with Crippen LogP contribution in [0.3, 0.4) is 0 Å². The number of alkyl halides is 3. The molecule has 4 nitrogen and oxygen atoms in total. The van der Waals surface area contributed by atoms with Gasteiger partial charge in [0.1, 0.15) is 11.6 Å². The van der Waals surface area contributed by atoms with Gasteiger partial charge in [-0.05, 0) is 36.4 Å². The fraction of sp³-hybridized carbons (Fsp3) is 0.167. The Morgan fingerprint density at radius 2 is 1.85 bits per heavy atom. The van der Waals surface area contributed by atoms with Crippen LogP contribution in [0.1, 0.15) is 15.2 Å². The molecule has 1 aromatic heterocycles. The van der Waals surface area contributed by atoms with Gasteiger partial charge in [0.2, 0.25) is 0 Å². The van der Waals surface area contributed by atoms with E-state index in [0.29, 0.717) is 15.6 Å². The number of thiophene rings is 1. The second-order valence-corrected chi connectivity index (χ2v) is 6.53. The third-order valence-electron chi connectivity index (χ3n) is 3.60. The molecule has 142 valence electrons. The van der Waals surface area contributed by atoms with Crippen LogP contribution in [0.5, 0.6) is 5.75 Å². The van der Waals surface area contributed by atoms with Crippen LogP contribution in [0.25, 0.3) is 10.1 Å². The van der Waals surface area contributed by atoms with Crippen LogP contribution >= 0.6 is 11.3 Å². The summed E-state index contributed by atoms with van der Waals surface area (Å²) < 4.78 is 60.2. The average Bonchev–Trinajstić information content (AvgIpc) is 2.96. The maximum absolute atomic E-state index is 14.2. The Labute approximate surface area is 155 Å². The summed E-state index contributed by atoms with van der Waals surface area (Å²) in [6.07, 6.45) is -4.79. The first-order chi connectivity index (χ1) is 12.8. The van der Waals surface area contributed by atoms with Gasteiger partial charge < -0.3 is 14.8 Å². The number of rotatable bonds is 5. The highest BCUT2D eigenvalue weighted by Gasteiger charge is 2.31. The van der Waals surface area contributed by atoms with Gasteiger partial charge in [-0.25, -0.2) is 4.39 Å². The third-order valence-corrected chi connectivity index (χ3v) is 4.80. The van der Waals surface area contributed by atoms with Gasteiger partial charge in [0.25, 0.3) is 5.91 Å². The van der Waals surface area contributed by atoms with E-state index in [4.69, 9.17) is 4.74 Å². The van der Waals surface area contributed by atoms with Crippen molar-refractivity contribution in [2.45, 2.75) is 13.0 Å². The van der Waals surface area contributed by atoms with Gasteiger partial charge in [0, 0.05) is 28.4 Å². The van der Waals surface area contributed by atoms with E-state index in [1.165, 1.54) is 25.3 Å². The molecule has 27 heavy (non-hydrogen) atoms. The predicted molar refractivity (Wildman–Crippen MR) is 93.6 cm³/mol. The van der Waals surface area contributed by atoms with Crippen molar-refractivity contribution in [1.29, 1.82) is 0 Å². The topological polar surface area (TPSA) is 47.6 Å². The first kappa shape index (κ1) is 19.1. The minimum absolute atomic E-state index is 0.0437. The molecule has 0 atom stereocenters. The van der Waals surface area contributed by atoms with Crippen molar-refractivity contribution in [3.05, 3.63) is 58.7 Å². The smallest absolute Gasteiger partial charge is 0.406 e. The summed E-state index contributed by atoms with van der Waals surface area (Å²) in [5.41, 5.74) is 0.695. The van der Waals surface area contributed by atoms with Crippen LogP contribution < -0.4 is 10.1 Å². The molecule has 0 saturated carbocycles. The van der Waals surface area contributed by atoms with E-state index < -0.39 is 23.8 Å². The molecule has 1 heterocycles. The molecular weight excluding hydrogens is 386 g/mol. The van der Waals surface area contributed by atoms with Gasteiger partial charge >= 0.3 is 6.36 Å². The molecule has 0 bridgehead atoms. The number of ether oxygens (including phenoxy) is 2. The van der Waals surface area contributed by atoms with Gasteiger partial charge in [-0.1, -0.05) is 6.07 Å². The fourth-order valence-corrected chi connectivity index (χ4v) is 3.68. The minimum atomic E-state index is -4.79. The number of hydrogen-bond acceptors (Lipinski definition) is 4. The van der Waals surface area contributed by atoms with E-state index in [9.17, 15) is 22.4 Å². The summed E-state index contributed by atoms with van der Waals surface area (Å²) >= 11 is 1.11. The molecule has 3 aromatic rings. The Balaban J connectivity index is 1.86. The van der Waals surface area contributed by atoms with Crippen LogP contribution in [0, 0.1) is 5.82 Å². The van der Waals surface area contributed by atoms with E-state index in [1.807, 2.05) is 0 Å². The zero-order chi connectivity index (χ0) is 19.6. The van der Waals surface area contributed by atoms with E-state index in [-0.39, 0.29) is 17.2 Å². The van der Waals surface area contributed by atoms with Crippen molar-refractivity contribution in [3.8, 4) is 5.75 Å². The predicted octanol–water partition coefficient (Wildman–Crippen LogP) is 5.34. The lowest BCUT2D eigenvalue weighted by Crippen LogP contribution is -2.17. The summed E-state index contributed by atoms with van der Waals surface area (Å²) in [4.78, 5) is 12.9. The minimum Gasteiger partial charge on any atom is -0.406 e. The number of amides is 1. The number of halogens is 4.